The summed E-state index contributed by atoms with van der Waals surface area (Å²) >= 11 is 8.73. The first-order valence-electron chi connectivity index (χ1n) is 3.84. The number of carbonyl (C=O) groups excluding carboxylic acids is 1. The number of benzene rings is 1. The Labute approximate surface area is 90.4 Å². The van der Waals surface area contributed by atoms with Gasteiger partial charge in [-0.15, -0.1) is 11.6 Å². The van der Waals surface area contributed by atoms with Gasteiger partial charge in [-0.3, -0.25) is 4.79 Å². The third-order valence-corrected chi connectivity index (χ3v) is 2.15. The van der Waals surface area contributed by atoms with E-state index in [9.17, 15) is 4.79 Å². The minimum atomic E-state index is -0.0954. The zero-order chi connectivity index (χ0) is 9.68. The van der Waals surface area contributed by atoms with Crippen molar-refractivity contribution in [1.82, 2.24) is 5.32 Å². The van der Waals surface area contributed by atoms with E-state index in [0.717, 1.165) is 4.47 Å². The fourth-order valence-electron chi connectivity index (χ4n) is 0.893. The van der Waals surface area contributed by atoms with Crippen molar-refractivity contribution in [3.05, 3.63) is 34.3 Å². The Balaban J connectivity index is 2.66. The maximum atomic E-state index is 11.4. The van der Waals surface area contributed by atoms with E-state index in [1.807, 2.05) is 12.1 Å². The Morgan fingerprint density at radius 1 is 1.54 bits per heavy atom. The Kier molecular flexibility index (Phi) is 4.25. The van der Waals surface area contributed by atoms with Crippen LogP contribution in [0.25, 0.3) is 0 Å². The van der Waals surface area contributed by atoms with Crippen LogP contribution in [0.4, 0.5) is 0 Å². The van der Waals surface area contributed by atoms with Crippen LogP contribution in [0.3, 0.4) is 0 Å². The zero-order valence-electron chi connectivity index (χ0n) is 6.89. The van der Waals surface area contributed by atoms with E-state index in [1.54, 1.807) is 12.1 Å². The van der Waals surface area contributed by atoms with E-state index in [4.69, 9.17) is 11.6 Å². The molecule has 4 heteroatoms. The number of amides is 1. The van der Waals surface area contributed by atoms with Gasteiger partial charge in [0.1, 0.15) is 0 Å². The van der Waals surface area contributed by atoms with Gasteiger partial charge >= 0.3 is 0 Å². The molecule has 0 unspecified atom stereocenters. The van der Waals surface area contributed by atoms with Gasteiger partial charge in [0, 0.05) is 22.5 Å². The first kappa shape index (κ1) is 10.5. The molecule has 1 aromatic rings. The van der Waals surface area contributed by atoms with E-state index in [1.165, 1.54) is 0 Å². The molecule has 0 fully saturated rings. The maximum absolute atomic E-state index is 11.4. The molecule has 0 aliphatic heterocycles. The SMILES string of the molecule is O=C(NCCCl)c1cccc(Br)c1. The summed E-state index contributed by atoms with van der Waals surface area (Å²) in [5.41, 5.74) is 0.638. The Morgan fingerprint density at radius 3 is 2.92 bits per heavy atom. The van der Waals surface area contributed by atoms with Gasteiger partial charge < -0.3 is 5.32 Å². The smallest absolute Gasteiger partial charge is 0.251 e. The molecule has 0 saturated carbocycles. The standard InChI is InChI=1S/C9H9BrClNO/c10-8-3-1-2-7(6-8)9(13)12-5-4-11/h1-3,6H,4-5H2,(H,12,13). The highest BCUT2D eigenvalue weighted by atomic mass is 79.9. The van der Waals surface area contributed by atoms with Crippen LogP contribution in [0.1, 0.15) is 10.4 Å². The van der Waals surface area contributed by atoms with E-state index in [-0.39, 0.29) is 5.91 Å². The second-order valence-electron chi connectivity index (χ2n) is 2.46. The third kappa shape index (κ3) is 3.36. The normalized spacial score (nSPS) is 9.69. The van der Waals surface area contributed by atoms with Crippen molar-refractivity contribution in [1.29, 1.82) is 0 Å². The molecule has 0 atom stereocenters. The number of alkyl halides is 1. The van der Waals surface area contributed by atoms with Crippen molar-refractivity contribution < 1.29 is 4.79 Å². The van der Waals surface area contributed by atoms with Gasteiger partial charge in [0.2, 0.25) is 0 Å². The Bertz CT molecular complexity index is 303. The number of rotatable bonds is 3. The van der Waals surface area contributed by atoms with Crippen LogP contribution >= 0.6 is 27.5 Å². The summed E-state index contributed by atoms with van der Waals surface area (Å²) in [5, 5.41) is 2.68. The van der Waals surface area contributed by atoms with Crippen molar-refractivity contribution >= 4 is 33.4 Å². The molecule has 1 amide bonds. The average molecular weight is 263 g/mol. The lowest BCUT2D eigenvalue weighted by molar-refractivity contribution is 0.0956. The zero-order valence-corrected chi connectivity index (χ0v) is 9.23. The summed E-state index contributed by atoms with van der Waals surface area (Å²) in [6.07, 6.45) is 0. The molecule has 0 radical (unpaired) electrons. The fourth-order valence-corrected chi connectivity index (χ4v) is 1.39. The molecule has 0 aromatic heterocycles. The highest BCUT2D eigenvalue weighted by molar-refractivity contribution is 9.10. The monoisotopic (exact) mass is 261 g/mol. The molecule has 70 valence electrons. The maximum Gasteiger partial charge on any atom is 0.251 e. The van der Waals surface area contributed by atoms with Gasteiger partial charge in [-0.2, -0.15) is 0 Å². The van der Waals surface area contributed by atoms with Crippen molar-refractivity contribution in [2.45, 2.75) is 0 Å². The van der Waals surface area contributed by atoms with Crippen LogP contribution in [0.5, 0.6) is 0 Å². The van der Waals surface area contributed by atoms with Gasteiger partial charge in [-0.25, -0.2) is 0 Å². The molecule has 0 spiro atoms. The molecular formula is C9H9BrClNO. The Hall–Kier alpha value is -0.540. The van der Waals surface area contributed by atoms with E-state index in [0.29, 0.717) is 18.0 Å². The second-order valence-corrected chi connectivity index (χ2v) is 3.75. The van der Waals surface area contributed by atoms with E-state index in [2.05, 4.69) is 21.2 Å². The minimum Gasteiger partial charge on any atom is -0.351 e. The van der Waals surface area contributed by atoms with Crippen molar-refractivity contribution in [2.24, 2.45) is 0 Å². The fraction of sp³-hybridized carbons (Fsp3) is 0.222. The summed E-state index contributed by atoms with van der Waals surface area (Å²) in [4.78, 5) is 11.4. The summed E-state index contributed by atoms with van der Waals surface area (Å²) in [6, 6.07) is 7.22. The molecule has 0 saturated heterocycles. The van der Waals surface area contributed by atoms with Gasteiger partial charge in [0.25, 0.3) is 5.91 Å². The quantitative estimate of drug-likeness (QED) is 0.833. The summed E-state index contributed by atoms with van der Waals surface area (Å²) in [6.45, 7) is 0.493. The summed E-state index contributed by atoms with van der Waals surface area (Å²) in [7, 11) is 0. The number of nitrogens with one attached hydrogen (secondary N) is 1. The lowest BCUT2D eigenvalue weighted by atomic mass is 10.2. The molecule has 13 heavy (non-hydrogen) atoms. The van der Waals surface area contributed by atoms with Crippen molar-refractivity contribution in [3.8, 4) is 0 Å². The predicted octanol–water partition coefficient (Wildman–Crippen LogP) is 2.42. The van der Waals surface area contributed by atoms with E-state index >= 15 is 0 Å². The second kappa shape index (κ2) is 5.25. The number of carbonyl (C=O) groups is 1. The number of halogens is 2. The van der Waals surface area contributed by atoms with Crippen molar-refractivity contribution in [3.63, 3.8) is 0 Å². The lowest BCUT2D eigenvalue weighted by Crippen LogP contribution is -2.25. The topological polar surface area (TPSA) is 29.1 Å². The average Bonchev–Trinajstić information content (AvgIpc) is 2.14. The van der Waals surface area contributed by atoms with Crippen LogP contribution in [0.2, 0.25) is 0 Å². The largest absolute Gasteiger partial charge is 0.351 e. The predicted molar refractivity (Wildman–Crippen MR) is 57.2 cm³/mol. The minimum absolute atomic E-state index is 0.0954. The van der Waals surface area contributed by atoms with Gasteiger partial charge in [0.15, 0.2) is 0 Å². The first-order valence-corrected chi connectivity index (χ1v) is 5.16. The molecule has 0 heterocycles. The van der Waals surface area contributed by atoms with Crippen LogP contribution < -0.4 is 5.32 Å². The molecular weight excluding hydrogens is 253 g/mol. The molecule has 1 N–H and O–H groups in total. The van der Waals surface area contributed by atoms with E-state index < -0.39 is 0 Å². The van der Waals surface area contributed by atoms with Crippen LogP contribution in [0.15, 0.2) is 28.7 Å². The molecule has 0 aliphatic rings. The number of hydrogen-bond donors (Lipinski definition) is 1. The number of hydrogen-bond acceptors (Lipinski definition) is 1. The van der Waals surface area contributed by atoms with Crippen molar-refractivity contribution in [2.75, 3.05) is 12.4 Å². The van der Waals surface area contributed by atoms with Gasteiger partial charge in [-0.05, 0) is 18.2 Å². The Morgan fingerprint density at radius 2 is 2.31 bits per heavy atom. The van der Waals surface area contributed by atoms with Crippen LogP contribution in [-0.2, 0) is 0 Å². The highest BCUT2D eigenvalue weighted by Crippen LogP contribution is 2.11. The first-order chi connectivity index (χ1) is 6.24. The molecule has 1 aromatic carbocycles. The summed E-state index contributed by atoms with van der Waals surface area (Å²) < 4.78 is 0.894. The van der Waals surface area contributed by atoms with Gasteiger partial charge in [-0.1, -0.05) is 22.0 Å². The molecule has 0 bridgehead atoms. The molecule has 0 aliphatic carbocycles. The summed E-state index contributed by atoms with van der Waals surface area (Å²) in [5.74, 6) is 0.335. The third-order valence-electron chi connectivity index (χ3n) is 1.47. The van der Waals surface area contributed by atoms with Gasteiger partial charge in [0.05, 0.1) is 0 Å². The van der Waals surface area contributed by atoms with Crippen LogP contribution in [0, 0.1) is 0 Å². The highest BCUT2D eigenvalue weighted by Gasteiger charge is 2.03. The molecule has 2 nitrogen and oxygen atoms in total. The molecule has 1 rings (SSSR count). The lowest BCUT2D eigenvalue weighted by Gasteiger charge is -2.02. The van der Waals surface area contributed by atoms with Crippen LogP contribution in [-0.4, -0.2) is 18.3 Å².